The predicted molar refractivity (Wildman–Crippen MR) is 70.7 cm³/mol. The Labute approximate surface area is 116 Å². The number of benzene rings is 1. The van der Waals surface area contributed by atoms with Crippen molar-refractivity contribution in [2.45, 2.75) is 12.6 Å². The normalized spacial score (nSPS) is 23.0. The molecule has 2 heterocycles. The first kappa shape index (κ1) is 12.6. The molecule has 0 aliphatic carbocycles. The molecule has 1 aromatic rings. The van der Waals surface area contributed by atoms with Crippen LogP contribution in [0.5, 0.6) is 5.75 Å². The van der Waals surface area contributed by atoms with Gasteiger partial charge in [0, 0.05) is 36.8 Å². The van der Waals surface area contributed by atoms with Crippen molar-refractivity contribution >= 4 is 17.7 Å². The molecule has 1 fully saturated rings. The van der Waals surface area contributed by atoms with E-state index in [0.717, 1.165) is 24.4 Å². The summed E-state index contributed by atoms with van der Waals surface area (Å²) >= 11 is 6.01. The molecule has 1 saturated heterocycles. The molecule has 1 N–H and O–H groups in total. The fraction of sp³-hybridized carbons (Fsp3) is 0.462. The molecule has 5 nitrogen and oxygen atoms in total. The number of carbonyl (C=O) groups is 1. The summed E-state index contributed by atoms with van der Waals surface area (Å²) in [6, 6.07) is 5.72. The summed E-state index contributed by atoms with van der Waals surface area (Å²) in [5.74, 6) is 0.848. The summed E-state index contributed by atoms with van der Waals surface area (Å²) in [7, 11) is 0. The number of fused-ring (bicyclic) bond motifs is 2. The second-order valence-corrected chi connectivity index (χ2v) is 5.35. The average molecular weight is 283 g/mol. The number of nitrogens with zero attached hydrogens (tertiary/aromatic N) is 2. The maximum absolute atomic E-state index is 11.0. The maximum atomic E-state index is 11.0. The number of carboxylic acid groups (broad SMARTS) is 1. The lowest BCUT2D eigenvalue weighted by molar-refractivity contribution is 0.0503. The number of piperazine rings is 1. The first-order chi connectivity index (χ1) is 9.13. The lowest BCUT2D eigenvalue weighted by atomic mass is 10.1. The van der Waals surface area contributed by atoms with Gasteiger partial charge in [0.25, 0.3) is 0 Å². The van der Waals surface area contributed by atoms with Gasteiger partial charge in [0.05, 0.1) is 6.04 Å². The SMILES string of the molecule is O=C(O)N1CCN2Cc3cc(Cl)ccc3OCC2C1. The van der Waals surface area contributed by atoms with Gasteiger partial charge in [-0.05, 0) is 18.2 Å². The smallest absolute Gasteiger partial charge is 0.407 e. The van der Waals surface area contributed by atoms with E-state index < -0.39 is 6.09 Å². The van der Waals surface area contributed by atoms with Gasteiger partial charge in [-0.3, -0.25) is 4.90 Å². The van der Waals surface area contributed by atoms with Crippen LogP contribution in [0, 0.1) is 0 Å². The molecular formula is C13H15ClN2O3. The lowest BCUT2D eigenvalue weighted by Crippen LogP contribution is -2.55. The molecule has 0 spiro atoms. The fourth-order valence-corrected chi connectivity index (χ4v) is 2.84. The van der Waals surface area contributed by atoms with Crippen molar-refractivity contribution in [2.24, 2.45) is 0 Å². The zero-order valence-electron chi connectivity index (χ0n) is 10.4. The van der Waals surface area contributed by atoms with Gasteiger partial charge in [-0.2, -0.15) is 0 Å². The summed E-state index contributed by atoms with van der Waals surface area (Å²) in [5, 5.41) is 9.76. The zero-order chi connectivity index (χ0) is 13.4. The molecule has 102 valence electrons. The Morgan fingerprint density at radius 3 is 3.05 bits per heavy atom. The van der Waals surface area contributed by atoms with E-state index in [0.29, 0.717) is 24.7 Å². The highest BCUT2D eigenvalue weighted by atomic mass is 35.5. The number of rotatable bonds is 0. The van der Waals surface area contributed by atoms with Crippen molar-refractivity contribution in [2.75, 3.05) is 26.2 Å². The van der Waals surface area contributed by atoms with Crippen molar-refractivity contribution in [3.63, 3.8) is 0 Å². The molecule has 0 saturated carbocycles. The molecule has 3 rings (SSSR count). The van der Waals surface area contributed by atoms with Crippen LogP contribution in [0.15, 0.2) is 18.2 Å². The molecule has 1 aromatic carbocycles. The number of hydrogen-bond donors (Lipinski definition) is 1. The largest absolute Gasteiger partial charge is 0.492 e. The van der Waals surface area contributed by atoms with Crippen LogP contribution in [-0.4, -0.2) is 53.3 Å². The first-order valence-electron chi connectivity index (χ1n) is 6.26. The maximum Gasteiger partial charge on any atom is 0.407 e. The third-order valence-electron chi connectivity index (χ3n) is 3.70. The van der Waals surface area contributed by atoms with Crippen LogP contribution >= 0.6 is 11.6 Å². The van der Waals surface area contributed by atoms with E-state index in [1.807, 2.05) is 18.2 Å². The van der Waals surface area contributed by atoms with E-state index >= 15 is 0 Å². The molecule has 0 radical (unpaired) electrons. The van der Waals surface area contributed by atoms with Crippen LogP contribution in [-0.2, 0) is 6.54 Å². The van der Waals surface area contributed by atoms with Gasteiger partial charge in [-0.1, -0.05) is 11.6 Å². The summed E-state index contributed by atoms with van der Waals surface area (Å²) < 4.78 is 5.78. The molecule has 0 aromatic heterocycles. The van der Waals surface area contributed by atoms with Crippen LogP contribution < -0.4 is 4.74 Å². The third-order valence-corrected chi connectivity index (χ3v) is 3.94. The van der Waals surface area contributed by atoms with Gasteiger partial charge in [0.2, 0.25) is 0 Å². The Morgan fingerprint density at radius 2 is 2.26 bits per heavy atom. The number of hydrogen-bond acceptors (Lipinski definition) is 3. The Hall–Kier alpha value is -1.46. The monoisotopic (exact) mass is 282 g/mol. The van der Waals surface area contributed by atoms with Gasteiger partial charge in [0.1, 0.15) is 12.4 Å². The van der Waals surface area contributed by atoms with Crippen LogP contribution in [0.2, 0.25) is 5.02 Å². The molecule has 2 aliphatic heterocycles. The Bertz CT molecular complexity index is 509. The van der Waals surface area contributed by atoms with E-state index in [9.17, 15) is 4.79 Å². The number of amides is 1. The summed E-state index contributed by atoms with van der Waals surface area (Å²) in [6.07, 6.45) is -0.857. The quantitative estimate of drug-likeness (QED) is 0.790. The van der Waals surface area contributed by atoms with E-state index in [-0.39, 0.29) is 6.04 Å². The molecule has 0 bridgehead atoms. The molecule has 2 aliphatic rings. The molecule has 19 heavy (non-hydrogen) atoms. The third kappa shape index (κ3) is 2.48. The Kier molecular flexibility index (Phi) is 3.24. The Morgan fingerprint density at radius 1 is 1.42 bits per heavy atom. The molecular weight excluding hydrogens is 268 g/mol. The topological polar surface area (TPSA) is 53.0 Å². The summed E-state index contributed by atoms with van der Waals surface area (Å²) in [5.41, 5.74) is 1.07. The molecule has 1 amide bonds. The van der Waals surface area contributed by atoms with Crippen molar-refractivity contribution in [1.82, 2.24) is 9.80 Å². The van der Waals surface area contributed by atoms with E-state index in [4.69, 9.17) is 21.4 Å². The van der Waals surface area contributed by atoms with Gasteiger partial charge in [-0.25, -0.2) is 4.79 Å². The summed E-state index contributed by atoms with van der Waals surface area (Å²) in [4.78, 5) is 14.7. The lowest BCUT2D eigenvalue weighted by Gasteiger charge is -2.38. The number of halogens is 1. The van der Waals surface area contributed by atoms with Crippen LogP contribution in [0.3, 0.4) is 0 Å². The van der Waals surface area contributed by atoms with Crippen molar-refractivity contribution in [1.29, 1.82) is 0 Å². The second-order valence-electron chi connectivity index (χ2n) is 4.92. The van der Waals surface area contributed by atoms with E-state index in [2.05, 4.69) is 4.90 Å². The highest BCUT2D eigenvalue weighted by molar-refractivity contribution is 6.30. The summed E-state index contributed by atoms with van der Waals surface area (Å²) in [6.45, 7) is 3.04. The second kappa shape index (κ2) is 4.90. The molecule has 1 atom stereocenters. The standard InChI is InChI=1S/C13H15ClN2O3/c14-10-1-2-12-9(5-10)6-15-3-4-16(13(17)18)7-11(15)8-19-12/h1-2,5,11H,3-4,6-8H2,(H,17,18). The van der Waals surface area contributed by atoms with Crippen molar-refractivity contribution in [3.05, 3.63) is 28.8 Å². The van der Waals surface area contributed by atoms with Crippen LogP contribution in [0.4, 0.5) is 4.79 Å². The fourth-order valence-electron chi connectivity index (χ4n) is 2.65. The molecule has 6 heteroatoms. The Balaban J connectivity index is 1.80. The van der Waals surface area contributed by atoms with Gasteiger partial charge >= 0.3 is 6.09 Å². The number of ether oxygens (including phenoxy) is 1. The highest BCUT2D eigenvalue weighted by Gasteiger charge is 2.32. The average Bonchev–Trinajstić information content (AvgIpc) is 2.56. The zero-order valence-corrected chi connectivity index (χ0v) is 11.1. The van der Waals surface area contributed by atoms with Gasteiger partial charge in [-0.15, -0.1) is 0 Å². The van der Waals surface area contributed by atoms with Crippen molar-refractivity contribution in [3.8, 4) is 5.75 Å². The van der Waals surface area contributed by atoms with Crippen LogP contribution in [0.25, 0.3) is 0 Å². The van der Waals surface area contributed by atoms with E-state index in [1.54, 1.807) is 0 Å². The minimum Gasteiger partial charge on any atom is -0.492 e. The van der Waals surface area contributed by atoms with E-state index in [1.165, 1.54) is 4.90 Å². The van der Waals surface area contributed by atoms with Crippen LogP contribution in [0.1, 0.15) is 5.56 Å². The van der Waals surface area contributed by atoms with Gasteiger partial charge in [0.15, 0.2) is 0 Å². The first-order valence-corrected chi connectivity index (χ1v) is 6.64. The predicted octanol–water partition coefficient (Wildman–Crippen LogP) is 1.90. The molecule has 1 unspecified atom stereocenters. The minimum absolute atomic E-state index is 0.107. The highest BCUT2D eigenvalue weighted by Crippen LogP contribution is 2.29. The van der Waals surface area contributed by atoms with Gasteiger partial charge < -0.3 is 14.7 Å². The van der Waals surface area contributed by atoms with Crippen molar-refractivity contribution < 1.29 is 14.6 Å². The minimum atomic E-state index is -0.857.